The van der Waals surface area contributed by atoms with Crippen molar-refractivity contribution in [3.8, 4) is 0 Å². The highest BCUT2D eigenvalue weighted by molar-refractivity contribution is 5.95. The minimum Gasteiger partial charge on any atom is -0.478 e. The third-order valence-corrected chi connectivity index (χ3v) is 3.85. The van der Waals surface area contributed by atoms with E-state index in [4.69, 9.17) is 0 Å². The van der Waals surface area contributed by atoms with E-state index in [2.05, 4.69) is 9.88 Å². The highest BCUT2D eigenvalue weighted by Crippen LogP contribution is 2.22. The average molecular weight is 277 g/mol. The van der Waals surface area contributed by atoms with Crippen molar-refractivity contribution in [1.29, 1.82) is 0 Å². The van der Waals surface area contributed by atoms with Gasteiger partial charge in [0, 0.05) is 25.8 Å². The lowest BCUT2D eigenvalue weighted by molar-refractivity contribution is 0.0696. The largest absolute Gasteiger partial charge is 0.478 e. The maximum atomic E-state index is 11.4. The van der Waals surface area contributed by atoms with Crippen LogP contribution in [0.5, 0.6) is 0 Å². The molecule has 1 aliphatic rings. The number of hydrogen-bond donors (Lipinski definition) is 1. The number of carboxylic acids is 1. The number of carbonyl (C=O) groups is 1. The van der Waals surface area contributed by atoms with E-state index < -0.39 is 5.97 Å². The van der Waals surface area contributed by atoms with Crippen LogP contribution in [0.2, 0.25) is 0 Å². The average Bonchev–Trinajstić information content (AvgIpc) is 2.87. The van der Waals surface area contributed by atoms with Gasteiger partial charge in [0.2, 0.25) is 0 Å². The Balaban J connectivity index is 2.15. The summed E-state index contributed by atoms with van der Waals surface area (Å²) in [4.78, 5) is 20.2. The molecule has 0 aliphatic carbocycles. The fraction of sp³-hybridized carbons (Fsp3) is 0.600. The molecule has 1 aromatic heterocycles. The van der Waals surface area contributed by atoms with Gasteiger partial charge in [0.1, 0.15) is 11.4 Å². The quantitative estimate of drug-likeness (QED) is 0.891. The number of anilines is 1. The molecule has 0 saturated carbocycles. The number of nitrogens with zero attached hydrogens (tertiary/aromatic N) is 3. The summed E-state index contributed by atoms with van der Waals surface area (Å²) in [5.74, 6) is -0.327. The third-order valence-electron chi connectivity index (χ3n) is 3.85. The fourth-order valence-corrected chi connectivity index (χ4v) is 2.76. The van der Waals surface area contributed by atoms with Crippen molar-refractivity contribution in [3.63, 3.8) is 0 Å². The second-order valence-electron chi connectivity index (χ2n) is 5.55. The molecule has 2 rings (SSSR count). The van der Waals surface area contributed by atoms with Crippen LogP contribution in [-0.2, 0) is 0 Å². The smallest absolute Gasteiger partial charge is 0.339 e. The van der Waals surface area contributed by atoms with Gasteiger partial charge in [0.15, 0.2) is 0 Å². The Hall–Kier alpha value is -1.62. The first-order valence-corrected chi connectivity index (χ1v) is 7.14. The first-order chi connectivity index (χ1) is 9.49. The molecular weight excluding hydrogens is 254 g/mol. The van der Waals surface area contributed by atoms with Gasteiger partial charge >= 0.3 is 5.97 Å². The summed E-state index contributed by atoms with van der Waals surface area (Å²) < 4.78 is 0. The number of aromatic carboxylic acids is 1. The Morgan fingerprint density at radius 1 is 1.40 bits per heavy atom. The van der Waals surface area contributed by atoms with Crippen LogP contribution in [0.1, 0.15) is 34.5 Å². The molecule has 110 valence electrons. The first kappa shape index (κ1) is 14.8. The lowest BCUT2D eigenvalue weighted by Gasteiger charge is -2.24. The Bertz CT molecular complexity index is 496. The van der Waals surface area contributed by atoms with E-state index in [1.807, 2.05) is 31.9 Å². The number of likely N-dealkylation sites (tertiary alicyclic amines) is 1. The fourth-order valence-electron chi connectivity index (χ4n) is 2.76. The molecule has 20 heavy (non-hydrogen) atoms. The molecule has 0 spiro atoms. The summed E-state index contributed by atoms with van der Waals surface area (Å²) in [5.41, 5.74) is 1.95. The minimum absolute atomic E-state index is 0.319. The topological polar surface area (TPSA) is 56.7 Å². The van der Waals surface area contributed by atoms with Gasteiger partial charge in [-0.25, -0.2) is 9.78 Å². The normalized spacial score (nSPS) is 15.6. The van der Waals surface area contributed by atoms with Gasteiger partial charge in [-0.05, 0) is 51.4 Å². The molecule has 2 heterocycles. The lowest BCUT2D eigenvalue weighted by Crippen LogP contribution is -2.33. The van der Waals surface area contributed by atoms with Gasteiger partial charge < -0.3 is 14.9 Å². The number of likely N-dealkylation sites (N-methyl/N-ethyl adjacent to an activating group) is 1. The second kappa shape index (κ2) is 6.22. The van der Waals surface area contributed by atoms with Gasteiger partial charge in [-0.1, -0.05) is 0 Å². The molecule has 5 nitrogen and oxygen atoms in total. The van der Waals surface area contributed by atoms with Crippen molar-refractivity contribution < 1.29 is 9.90 Å². The molecule has 0 unspecified atom stereocenters. The van der Waals surface area contributed by atoms with Crippen LogP contribution in [0.4, 0.5) is 5.82 Å². The monoisotopic (exact) mass is 277 g/mol. The van der Waals surface area contributed by atoms with E-state index in [1.54, 1.807) is 0 Å². The van der Waals surface area contributed by atoms with Gasteiger partial charge in [-0.2, -0.15) is 0 Å². The van der Waals surface area contributed by atoms with Gasteiger partial charge in [-0.3, -0.25) is 0 Å². The summed E-state index contributed by atoms with van der Waals surface area (Å²) in [7, 11) is 1.92. The molecule has 0 radical (unpaired) electrons. The van der Waals surface area contributed by atoms with Crippen molar-refractivity contribution in [2.24, 2.45) is 0 Å². The molecule has 0 amide bonds. The third kappa shape index (κ3) is 3.28. The number of aryl methyl sites for hydroxylation is 2. The Kier molecular flexibility index (Phi) is 4.60. The molecule has 5 heteroatoms. The number of rotatable bonds is 5. The zero-order chi connectivity index (χ0) is 14.7. The Labute approximate surface area is 120 Å². The van der Waals surface area contributed by atoms with Crippen LogP contribution in [-0.4, -0.2) is 54.2 Å². The maximum Gasteiger partial charge on any atom is 0.339 e. The lowest BCUT2D eigenvalue weighted by atomic mass is 10.1. The van der Waals surface area contributed by atoms with Crippen molar-refractivity contribution in [2.75, 3.05) is 38.1 Å². The zero-order valence-electron chi connectivity index (χ0n) is 12.5. The van der Waals surface area contributed by atoms with Crippen LogP contribution in [0.3, 0.4) is 0 Å². The number of carboxylic acid groups (broad SMARTS) is 1. The van der Waals surface area contributed by atoms with E-state index in [-0.39, 0.29) is 0 Å². The molecule has 1 N–H and O–H groups in total. The molecule has 1 fully saturated rings. The molecule has 1 aliphatic heterocycles. The van der Waals surface area contributed by atoms with E-state index in [9.17, 15) is 9.90 Å². The first-order valence-electron chi connectivity index (χ1n) is 7.14. The number of hydrogen-bond acceptors (Lipinski definition) is 4. The van der Waals surface area contributed by atoms with Gasteiger partial charge in [-0.15, -0.1) is 0 Å². The van der Waals surface area contributed by atoms with E-state index in [0.717, 1.165) is 37.4 Å². The van der Waals surface area contributed by atoms with Crippen LogP contribution in [0, 0.1) is 13.8 Å². The van der Waals surface area contributed by atoms with E-state index in [0.29, 0.717) is 11.4 Å². The Morgan fingerprint density at radius 3 is 2.65 bits per heavy atom. The van der Waals surface area contributed by atoms with Gasteiger partial charge in [0.05, 0.1) is 0 Å². The van der Waals surface area contributed by atoms with Crippen molar-refractivity contribution >= 4 is 11.8 Å². The highest BCUT2D eigenvalue weighted by Gasteiger charge is 2.19. The van der Waals surface area contributed by atoms with Crippen LogP contribution < -0.4 is 4.90 Å². The molecule has 0 atom stereocenters. The summed E-state index contributed by atoms with van der Waals surface area (Å²) in [6.07, 6.45) is 2.54. The summed E-state index contributed by atoms with van der Waals surface area (Å²) in [6.45, 7) is 7.80. The van der Waals surface area contributed by atoms with Crippen LogP contribution >= 0.6 is 0 Å². The molecule has 1 saturated heterocycles. The number of aromatic nitrogens is 1. The standard InChI is InChI=1S/C15H23N3O2/c1-11-10-12(2)16-14(13(11)15(19)20)17(3)8-9-18-6-4-5-7-18/h10H,4-9H2,1-3H3,(H,19,20). The molecule has 1 aromatic rings. The highest BCUT2D eigenvalue weighted by atomic mass is 16.4. The Morgan fingerprint density at radius 2 is 2.05 bits per heavy atom. The zero-order valence-corrected chi connectivity index (χ0v) is 12.5. The summed E-state index contributed by atoms with van der Waals surface area (Å²) >= 11 is 0. The summed E-state index contributed by atoms with van der Waals surface area (Å²) in [5, 5.41) is 9.39. The maximum absolute atomic E-state index is 11.4. The molecule has 0 bridgehead atoms. The predicted molar refractivity (Wildman–Crippen MR) is 79.6 cm³/mol. The molecule has 0 aromatic carbocycles. The van der Waals surface area contributed by atoms with Crippen LogP contribution in [0.15, 0.2) is 6.07 Å². The second-order valence-corrected chi connectivity index (χ2v) is 5.55. The SMILES string of the molecule is Cc1cc(C)c(C(=O)O)c(N(C)CCN2CCCC2)n1. The van der Waals surface area contributed by atoms with Crippen molar-refractivity contribution in [1.82, 2.24) is 9.88 Å². The predicted octanol–water partition coefficient (Wildman–Crippen LogP) is 1.93. The van der Waals surface area contributed by atoms with E-state index >= 15 is 0 Å². The van der Waals surface area contributed by atoms with Crippen LogP contribution in [0.25, 0.3) is 0 Å². The minimum atomic E-state index is -0.905. The summed E-state index contributed by atoms with van der Waals surface area (Å²) in [6, 6.07) is 1.82. The molecular formula is C15H23N3O2. The number of pyridine rings is 1. The van der Waals surface area contributed by atoms with E-state index in [1.165, 1.54) is 12.8 Å². The van der Waals surface area contributed by atoms with Gasteiger partial charge in [0.25, 0.3) is 0 Å². The van der Waals surface area contributed by atoms with Crippen molar-refractivity contribution in [2.45, 2.75) is 26.7 Å². The van der Waals surface area contributed by atoms with Crippen molar-refractivity contribution in [3.05, 3.63) is 22.9 Å².